The smallest absolute Gasteiger partial charge is 0.225 e. The van der Waals surface area contributed by atoms with Crippen molar-refractivity contribution in [3.05, 3.63) is 21.9 Å². The van der Waals surface area contributed by atoms with Crippen LogP contribution in [0.1, 0.15) is 61.4 Å². The van der Waals surface area contributed by atoms with Gasteiger partial charge in [-0.2, -0.15) is 0 Å². The van der Waals surface area contributed by atoms with E-state index in [-0.39, 0.29) is 0 Å². The monoisotopic (exact) mass is 318 g/mol. The Hall–Kier alpha value is -0.870. The lowest BCUT2D eigenvalue weighted by atomic mass is 9.93. The van der Waals surface area contributed by atoms with E-state index in [2.05, 4.69) is 21.7 Å². The van der Waals surface area contributed by atoms with Gasteiger partial charge in [-0.15, -0.1) is 11.3 Å². The van der Waals surface area contributed by atoms with Gasteiger partial charge in [0.25, 0.3) is 0 Å². The van der Waals surface area contributed by atoms with E-state index in [1.165, 1.54) is 37.7 Å². The van der Waals surface area contributed by atoms with Gasteiger partial charge in [-0.25, -0.2) is 0 Å². The number of amides is 1. The van der Waals surface area contributed by atoms with Crippen LogP contribution in [0.15, 0.2) is 11.4 Å². The first-order valence-electron chi connectivity index (χ1n) is 8.92. The summed E-state index contributed by atoms with van der Waals surface area (Å²) in [6.07, 6.45) is 9.64. The van der Waals surface area contributed by atoms with Gasteiger partial charge in [-0.3, -0.25) is 4.79 Å². The summed E-state index contributed by atoms with van der Waals surface area (Å²) >= 11 is 1.90. The van der Waals surface area contributed by atoms with Crippen molar-refractivity contribution in [2.45, 2.75) is 63.5 Å². The molecule has 2 unspecified atom stereocenters. The molecule has 2 atom stereocenters. The van der Waals surface area contributed by atoms with Crippen LogP contribution in [0.4, 0.5) is 0 Å². The Balaban J connectivity index is 1.35. The first-order chi connectivity index (χ1) is 10.8. The van der Waals surface area contributed by atoms with Crippen molar-refractivity contribution in [2.24, 2.45) is 5.92 Å². The van der Waals surface area contributed by atoms with Crippen LogP contribution in [0.3, 0.4) is 0 Å². The maximum atomic E-state index is 12.5. The lowest BCUT2D eigenvalue weighted by molar-refractivity contribution is -0.134. The molecule has 1 N–H and O–H groups in total. The maximum absolute atomic E-state index is 12.5. The fraction of sp³-hybridized carbons (Fsp3) is 0.722. The van der Waals surface area contributed by atoms with Gasteiger partial charge in [0.2, 0.25) is 5.91 Å². The van der Waals surface area contributed by atoms with Gasteiger partial charge < -0.3 is 10.2 Å². The van der Waals surface area contributed by atoms with Gasteiger partial charge in [0.05, 0.1) is 0 Å². The number of hydrogen-bond donors (Lipinski definition) is 1. The van der Waals surface area contributed by atoms with Gasteiger partial charge >= 0.3 is 0 Å². The molecule has 0 aromatic carbocycles. The van der Waals surface area contributed by atoms with E-state index in [1.807, 2.05) is 11.3 Å². The Morgan fingerprint density at radius 1 is 1.18 bits per heavy atom. The summed E-state index contributed by atoms with van der Waals surface area (Å²) in [4.78, 5) is 16.2. The Bertz CT molecular complexity index is 535. The van der Waals surface area contributed by atoms with Crippen LogP contribution in [0.5, 0.6) is 0 Å². The van der Waals surface area contributed by atoms with Crippen LogP contribution in [-0.2, 0) is 11.2 Å². The van der Waals surface area contributed by atoms with E-state index in [0.29, 0.717) is 23.9 Å². The van der Waals surface area contributed by atoms with Crippen LogP contribution in [0.25, 0.3) is 0 Å². The number of hydrogen-bond acceptors (Lipinski definition) is 3. The molecule has 0 radical (unpaired) electrons. The molecule has 1 aliphatic heterocycles. The number of aryl methyl sites for hydroxylation is 1. The fourth-order valence-corrected chi connectivity index (χ4v) is 5.46. The molecule has 1 aromatic heterocycles. The number of carbonyl (C=O) groups is 1. The molecule has 1 aromatic rings. The molecule has 1 saturated heterocycles. The molecule has 4 heteroatoms. The third-order valence-electron chi connectivity index (χ3n) is 5.69. The molecule has 2 heterocycles. The second-order valence-electron chi connectivity index (χ2n) is 7.16. The number of rotatable bonds is 3. The molecule has 2 fully saturated rings. The average Bonchev–Trinajstić information content (AvgIpc) is 3.28. The average molecular weight is 318 g/mol. The Morgan fingerprint density at radius 3 is 2.91 bits per heavy atom. The highest BCUT2D eigenvalue weighted by atomic mass is 32.1. The molecule has 4 rings (SSSR count). The zero-order chi connectivity index (χ0) is 14.9. The summed E-state index contributed by atoms with van der Waals surface area (Å²) in [7, 11) is 0. The summed E-state index contributed by atoms with van der Waals surface area (Å²) < 4.78 is 0. The third-order valence-corrected chi connectivity index (χ3v) is 6.69. The molecule has 3 nitrogen and oxygen atoms in total. The van der Waals surface area contributed by atoms with Crippen LogP contribution in [0, 0.1) is 5.92 Å². The molecule has 120 valence electrons. The summed E-state index contributed by atoms with van der Waals surface area (Å²) in [5.41, 5.74) is 1.52. The number of nitrogens with one attached hydrogen (secondary N) is 1. The van der Waals surface area contributed by atoms with Gasteiger partial charge in [-0.05, 0) is 55.5 Å². The predicted octanol–water partition coefficient (Wildman–Crippen LogP) is 3.51. The second kappa shape index (κ2) is 6.32. The van der Waals surface area contributed by atoms with Crippen LogP contribution in [0.2, 0.25) is 0 Å². The summed E-state index contributed by atoms with van der Waals surface area (Å²) in [6, 6.07) is 3.30. The number of thiophene rings is 1. The predicted molar refractivity (Wildman–Crippen MR) is 90.1 cm³/mol. The van der Waals surface area contributed by atoms with E-state index < -0.39 is 0 Å². The van der Waals surface area contributed by atoms with E-state index in [0.717, 1.165) is 32.4 Å². The fourth-order valence-electron chi connectivity index (χ4n) is 4.47. The molecule has 2 aliphatic carbocycles. The number of fused-ring (bicyclic) bond motifs is 1. The minimum absolute atomic E-state index is 0.330. The molecule has 0 bridgehead atoms. The van der Waals surface area contributed by atoms with Crippen molar-refractivity contribution >= 4 is 17.2 Å². The molecule has 22 heavy (non-hydrogen) atoms. The highest BCUT2D eigenvalue weighted by molar-refractivity contribution is 7.10. The highest BCUT2D eigenvalue weighted by Gasteiger charge is 2.33. The minimum atomic E-state index is 0.330. The van der Waals surface area contributed by atoms with Gasteiger partial charge in [0, 0.05) is 36.0 Å². The number of carbonyl (C=O) groups excluding carboxylic acids is 1. The van der Waals surface area contributed by atoms with E-state index in [4.69, 9.17) is 0 Å². The Morgan fingerprint density at radius 2 is 2.05 bits per heavy atom. The van der Waals surface area contributed by atoms with Crippen LogP contribution >= 0.6 is 11.3 Å². The molecular formula is C18H26N2OS. The quantitative estimate of drug-likeness (QED) is 0.925. The Kier molecular flexibility index (Phi) is 4.23. The summed E-state index contributed by atoms with van der Waals surface area (Å²) in [5, 5.41) is 6.08. The van der Waals surface area contributed by atoms with E-state index in [9.17, 15) is 4.79 Å². The minimum Gasteiger partial charge on any atom is -0.341 e. The summed E-state index contributed by atoms with van der Waals surface area (Å²) in [5.74, 6) is 0.763. The van der Waals surface area contributed by atoms with Gasteiger partial charge in [0.15, 0.2) is 0 Å². The summed E-state index contributed by atoms with van der Waals surface area (Å²) in [6.45, 7) is 1.88. The van der Waals surface area contributed by atoms with Crippen molar-refractivity contribution in [3.63, 3.8) is 0 Å². The zero-order valence-corrected chi connectivity index (χ0v) is 14.0. The molecule has 1 saturated carbocycles. The highest BCUT2D eigenvalue weighted by Crippen LogP contribution is 2.34. The van der Waals surface area contributed by atoms with E-state index in [1.54, 1.807) is 4.88 Å². The first-order valence-corrected chi connectivity index (χ1v) is 9.80. The second-order valence-corrected chi connectivity index (χ2v) is 8.16. The molecule has 0 spiro atoms. The first kappa shape index (κ1) is 14.7. The molecular weight excluding hydrogens is 292 g/mol. The third kappa shape index (κ3) is 2.83. The van der Waals surface area contributed by atoms with Crippen LogP contribution in [-0.4, -0.2) is 29.9 Å². The van der Waals surface area contributed by atoms with Crippen molar-refractivity contribution in [3.8, 4) is 0 Å². The van der Waals surface area contributed by atoms with Gasteiger partial charge in [-0.1, -0.05) is 12.8 Å². The normalized spacial score (nSPS) is 29.0. The largest absolute Gasteiger partial charge is 0.341 e. The number of nitrogens with zero attached hydrogens (tertiary/aromatic N) is 1. The molecule has 3 aliphatic rings. The standard InChI is InChI=1S/C18H26N2OS/c21-18(13-4-1-2-5-13)20-10-8-14(12-20)19-16-6-3-7-17-15(16)9-11-22-17/h9,11,13-14,16,19H,1-8,10,12H2. The van der Waals surface area contributed by atoms with Crippen molar-refractivity contribution in [2.75, 3.05) is 13.1 Å². The van der Waals surface area contributed by atoms with Gasteiger partial charge in [0.1, 0.15) is 0 Å². The maximum Gasteiger partial charge on any atom is 0.225 e. The Labute approximate surface area is 137 Å². The number of likely N-dealkylation sites (tertiary alicyclic amines) is 1. The van der Waals surface area contributed by atoms with Crippen molar-refractivity contribution < 1.29 is 4.79 Å². The van der Waals surface area contributed by atoms with Crippen molar-refractivity contribution in [1.29, 1.82) is 0 Å². The van der Waals surface area contributed by atoms with Crippen molar-refractivity contribution in [1.82, 2.24) is 10.2 Å². The zero-order valence-electron chi connectivity index (χ0n) is 13.2. The lowest BCUT2D eigenvalue weighted by Crippen LogP contribution is -2.39. The lowest BCUT2D eigenvalue weighted by Gasteiger charge is -2.27. The van der Waals surface area contributed by atoms with E-state index >= 15 is 0 Å². The SMILES string of the molecule is O=C(C1CCCC1)N1CCC(NC2CCCc3sccc32)C1. The van der Waals surface area contributed by atoms with Crippen LogP contribution < -0.4 is 5.32 Å². The molecule has 1 amide bonds. The topological polar surface area (TPSA) is 32.3 Å².